The Hall–Kier alpha value is -0.880. The molecule has 5 nitrogen and oxygen atoms in total. The molecule has 0 radical (unpaired) electrons. The van der Waals surface area contributed by atoms with Crippen molar-refractivity contribution in [2.24, 2.45) is 5.92 Å². The Morgan fingerprint density at radius 3 is 2.86 bits per heavy atom. The minimum atomic E-state index is -3.43. The fourth-order valence-electron chi connectivity index (χ4n) is 3.68. The van der Waals surface area contributed by atoms with Crippen molar-refractivity contribution in [3.8, 4) is 0 Å². The largest absolute Gasteiger partial charge is 0.333 e. The van der Waals surface area contributed by atoms with Gasteiger partial charge in [-0.25, -0.2) is 13.4 Å². The summed E-state index contributed by atoms with van der Waals surface area (Å²) in [5.74, 6) is 0.560. The van der Waals surface area contributed by atoms with E-state index in [2.05, 4.69) is 18.8 Å². The highest BCUT2D eigenvalue weighted by Gasteiger charge is 2.43. The summed E-state index contributed by atoms with van der Waals surface area (Å²) in [7, 11) is -3.43. The number of fused-ring (bicyclic) bond motifs is 1. The minimum Gasteiger partial charge on any atom is -0.333 e. The van der Waals surface area contributed by atoms with Crippen LogP contribution in [0.25, 0.3) is 0 Å². The van der Waals surface area contributed by atoms with Crippen LogP contribution < -0.4 is 0 Å². The van der Waals surface area contributed by atoms with Gasteiger partial charge in [0.1, 0.15) is 0 Å². The predicted molar refractivity (Wildman–Crippen MR) is 81.5 cm³/mol. The van der Waals surface area contributed by atoms with E-state index in [0.717, 1.165) is 25.7 Å². The molecular weight excluding hydrogens is 286 g/mol. The highest BCUT2D eigenvalue weighted by atomic mass is 32.2. The zero-order valence-corrected chi connectivity index (χ0v) is 13.7. The van der Waals surface area contributed by atoms with E-state index in [1.165, 1.54) is 12.8 Å². The number of hydrogen-bond donors (Lipinski definition) is 0. The van der Waals surface area contributed by atoms with Crippen molar-refractivity contribution in [3.63, 3.8) is 0 Å². The lowest BCUT2D eigenvalue weighted by Crippen LogP contribution is -2.39. The summed E-state index contributed by atoms with van der Waals surface area (Å²) in [6.07, 6.45) is 9.90. The topological polar surface area (TPSA) is 55.2 Å². The van der Waals surface area contributed by atoms with Gasteiger partial charge in [-0.1, -0.05) is 19.8 Å². The fraction of sp³-hybridized carbons (Fsp3) is 0.800. The highest BCUT2D eigenvalue weighted by molar-refractivity contribution is 7.89. The molecule has 0 unspecified atom stereocenters. The maximum absolute atomic E-state index is 12.9. The Morgan fingerprint density at radius 2 is 2.10 bits per heavy atom. The van der Waals surface area contributed by atoms with Crippen molar-refractivity contribution < 1.29 is 8.42 Å². The molecule has 0 aromatic carbocycles. The van der Waals surface area contributed by atoms with Crippen molar-refractivity contribution in [1.82, 2.24) is 13.9 Å². The molecule has 0 spiro atoms. The van der Waals surface area contributed by atoms with Crippen molar-refractivity contribution in [3.05, 3.63) is 12.5 Å². The lowest BCUT2D eigenvalue weighted by molar-refractivity contribution is 0.260. The zero-order valence-electron chi connectivity index (χ0n) is 12.9. The second-order valence-electron chi connectivity index (χ2n) is 6.43. The van der Waals surface area contributed by atoms with E-state index >= 15 is 0 Å². The Balaban J connectivity index is 1.85. The quantitative estimate of drug-likeness (QED) is 0.859. The van der Waals surface area contributed by atoms with Gasteiger partial charge in [0, 0.05) is 24.8 Å². The lowest BCUT2D eigenvalue weighted by Gasteiger charge is -2.30. The maximum atomic E-state index is 12.9. The van der Waals surface area contributed by atoms with Crippen LogP contribution in [0.3, 0.4) is 0 Å². The van der Waals surface area contributed by atoms with Crippen LogP contribution in [0.1, 0.15) is 58.4 Å². The molecule has 2 fully saturated rings. The number of nitrogens with zero attached hydrogens (tertiary/aromatic N) is 3. The Labute approximate surface area is 127 Å². The number of sulfonamides is 1. The van der Waals surface area contributed by atoms with Gasteiger partial charge in [0.2, 0.25) is 0 Å². The third kappa shape index (κ3) is 2.63. The van der Waals surface area contributed by atoms with Crippen LogP contribution in [0.5, 0.6) is 0 Å². The van der Waals surface area contributed by atoms with Crippen LogP contribution in [0.2, 0.25) is 0 Å². The summed E-state index contributed by atoms with van der Waals surface area (Å²) < 4.78 is 29.4. The minimum absolute atomic E-state index is 0.206. The molecule has 1 aliphatic heterocycles. The molecule has 0 N–H and O–H groups in total. The van der Waals surface area contributed by atoms with E-state index in [9.17, 15) is 8.42 Å². The van der Waals surface area contributed by atoms with Crippen molar-refractivity contribution in [2.75, 3.05) is 6.54 Å². The number of aromatic nitrogens is 2. The highest BCUT2D eigenvalue weighted by Crippen LogP contribution is 2.38. The van der Waals surface area contributed by atoms with Crippen molar-refractivity contribution in [1.29, 1.82) is 0 Å². The molecular formula is C15H25N3O2S. The van der Waals surface area contributed by atoms with Crippen molar-refractivity contribution in [2.45, 2.75) is 69.5 Å². The molecule has 6 heteroatoms. The Kier molecular flexibility index (Phi) is 4.10. The summed E-state index contributed by atoms with van der Waals surface area (Å²) >= 11 is 0. The van der Waals surface area contributed by atoms with Crippen LogP contribution in [-0.2, 0) is 10.0 Å². The third-order valence-electron chi connectivity index (χ3n) is 5.21. The Bertz CT molecular complexity index is 596. The summed E-state index contributed by atoms with van der Waals surface area (Å²) in [5.41, 5.74) is 0. The van der Waals surface area contributed by atoms with Crippen LogP contribution in [-0.4, -0.2) is 34.9 Å². The summed E-state index contributed by atoms with van der Waals surface area (Å²) in [6, 6.07) is 0.486. The van der Waals surface area contributed by atoms with Crippen molar-refractivity contribution >= 4 is 10.0 Å². The summed E-state index contributed by atoms with van der Waals surface area (Å²) in [6.45, 7) is 4.82. The van der Waals surface area contributed by atoms with E-state index in [4.69, 9.17) is 0 Å². The molecule has 0 bridgehead atoms. The normalized spacial score (nSPS) is 28.5. The van der Waals surface area contributed by atoms with E-state index in [1.807, 2.05) is 4.57 Å². The second kappa shape index (κ2) is 5.72. The predicted octanol–water partition coefficient (Wildman–Crippen LogP) is 2.81. The van der Waals surface area contributed by atoms with Gasteiger partial charge in [0.05, 0.1) is 6.33 Å². The van der Waals surface area contributed by atoms with Gasteiger partial charge in [-0.15, -0.1) is 0 Å². The molecule has 2 aliphatic rings. The number of rotatable bonds is 4. The molecule has 1 aromatic rings. The Morgan fingerprint density at radius 1 is 1.33 bits per heavy atom. The molecule has 3 atom stereocenters. The zero-order chi connectivity index (χ0) is 15.0. The smallest absolute Gasteiger partial charge is 0.262 e. The van der Waals surface area contributed by atoms with Crippen LogP contribution in [0.15, 0.2) is 17.6 Å². The molecule has 1 saturated carbocycles. The number of hydrogen-bond acceptors (Lipinski definition) is 3. The monoisotopic (exact) mass is 311 g/mol. The first kappa shape index (κ1) is 15.0. The molecule has 1 aliphatic carbocycles. The van der Waals surface area contributed by atoms with Gasteiger partial charge in [-0.05, 0) is 38.5 Å². The molecule has 0 amide bonds. The molecule has 118 valence electrons. The van der Waals surface area contributed by atoms with Crippen LogP contribution >= 0.6 is 0 Å². The first-order valence-corrected chi connectivity index (χ1v) is 9.53. The molecule has 1 saturated heterocycles. The van der Waals surface area contributed by atoms with Gasteiger partial charge in [-0.2, -0.15) is 4.31 Å². The van der Waals surface area contributed by atoms with E-state index in [1.54, 1.807) is 16.8 Å². The first-order valence-electron chi connectivity index (χ1n) is 8.09. The number of imidazole rings is 1. The standard InChI is InChI=1S/C15H25N3O2S/c1-3-12(2)17-10-15(16-11-17)21(19,20)18-9-8-13-6-4-5-7-14(13)18/h10-14H,3-9H2,1-2H3/t12-,13-,14+/m1/s1. The average molecular weight is 311 g/mol. The van der Waals surface area contributed by atoms with Gasteiger partial charge < -0.3 is 4.57 Å². The van der Waals surface area contributed by atoms with Gasteiger partial charge in [0.25, 0.3) is 10.0 Å². The molecule has 1 aromatic heterocycles. The molecule has 2 heterocycles. The fourth-order valence-corrected chi connectivity index (χ4v) is 5.34. The van der Waals surface area contributed by atoms with E-state index < -0.39 is 10.0 Å². The SMILES string of the molecule is CC[C@@H](C)n1cnc(S(=O)(=O)N2CC[C@H]3CCCC[C@@H]32)c1. The van der Waals surface area contributed by atoms with E-state index in [0.29, 0.717) is 12.5 Å². The van der Waals surface area contributed by atoms with Gasteiger partial charge in [0.15, 0.2) is 5.03 Å². The lowest BCUT2D eigenvalue weighted by atomic mass is 9.86. The van der Waals surface area contributed by atoms with Gasteiger partial charge in [-0.3, -0.25) is 0 Å². The summed E-state index contributed by atoms with van der Waals surface area (Å²) in [5, 5.41) is 0.217. The van der Waals surface area contributed by atoms with Crippen LogP contribution in [0.4, 0.5) is 0 Å². The maximum Gasteiger partial charge on any atom is 0.262 e. The summed E-state index contributed by atoms with van der Waals surface area (Å²) in [4.78, 5) is 4.17. The van der Waals surface area contributed by atoms with Crippen LogP contribution in [0, 0.1) is 5.92 Å². The third-order valence-corrected chi connectivity index (χ3v) is 7.02. The molecule has 21 heavy (non-hydrogen) atoms. The molecule has 3 rings (SSSR count). The second-order valence-corrected chi connectivity index (χ2v) is 8.27. The van der Waals surface area contributed by atoms with E-state index in [-0.39, 0.29) is 17.1 Å². The first-order chi connectivity index (χ1) is 10.0. The van der Waals surface area contributed by atoms with Gasteiger partial charge >= 0.3 is 0 Å². The average Bonchev–Trinajstić information content (AvgIpc) is 3.13.